The molecule has 7 heteroatoms. The average Bonchev–Trinajstić information content (AvgIpc) is 2.80. The van der Waals surface area contributed by atoms with Gasteiger partial charge in [-0.05, 0) is 24.4 Å². The lowest BCUT2D eigenvalue weighted by molar-refractivity contribution is 0.301. The summed E-state index contributed by atoms with van der Waals surface area (Å²) in [4.78, 5) is 11.1. The Kier molecular flexibility index (Phi) is 2.88. The predicted octanol–water partition coefficient (Wildman–Crippen LogP) is 1.95. The van der Waals surface area contributed by atoms with Crippen LogP contribution in [0.3, 0.4) is 0 Å². The zero-order valence-corrected chi connectivity index (χ0v) is 10.7. The number of ether oxygens (including phenoxy) is 1. The van der Waals surface area contributed by atoms with Crippen LogP contribution >= 0.6 is 12.2 Å². The molecule has 6 nitrogen and oxygen atoms in total. The zero-order chi connectivity index (χ0) is 13.2. The molecule has 3 rings (SSSR count). The summed E-state index contributed by atoms with van der Waals surface area (Å²) in [5.74, 6) is 0.828. The fourth-order valence-corrected chi connectivity index (χ4v) is 1.88. The van der Waals surface area contributed by atoms with Gasteiger partial charge >= 0.3 is 0 Å². The summed E-state index contributed by atoms with van der Waals surface area (Å²) in [5.41, 5.74) is 7.44. The van der Waals surface area contributed by atoms with Crippen molar-refractivity contribution in [1.82, 2.24) is 19.4 Å². The van der Waals surface area contributed by atoms with Crippen molar-refractivity contribution >= 4 is 23.7 Å². The van der Waals surface area contributed by atoms with E-state index in [4.69, 9.17) is 22.7 Å². The molecule has 3 heterocycles. The summed E-state index contributed by atoms with van der Waals surface area (Å²) < 4.78 is 7.83. The first-order chi connectivity index (χ1) is 9.22. The van der Waals surface area contributed by atoms with Crippen molar-refractivity contribution in [1.29, 1.82) is 0 Å². The number of fused-ring (bicyclic) bond motifs is 1. The van der Waals surface area contributed by atoms with Crippen molar-refractivity contribution < 1.29 is 4.74 Å². The highest BCUT2D eigenvalue weighted by molar-refractivity contribution is 7.71. The van der Waals surface area contributed by atoms with Crippen LogP contribution in [0.2, 0.25) is 0 Å². The van der Waals surface area contributed by atoms with Gasteiger partial charge < -0.3 is 19.9 Å². The van der Waals surface area contributed by atoms with E-state index in [1.54, 1.807) is 0 Å². The second kappa shape index (κ2) is 4.69. The van der Waals surface area contributed by atoms with Crippen LogP contribution in [0.15, 0.2) is 36.8 Å². The molecule has 0 spiro atoms. The summed E-state index contributed by atoms with van der Waals surface area (Å²) in [7, 11) is 0. The first-order valence-corrected chi connectivity index (χ1v) is 6.03. The number of hydrogen-bond acceptors (Lipinski definition) is 5. The van der Waals surface area contributed by atoms with Crippen LogP contribution in [-0.2, 0) is 6.61 Å². The molecule has 0 amide bonds. The highest BCUT2D eigenvalue weighted by atomic mass is 32.1. The van der Waals surface area contributed by atoms with Crippen LogP contribution in [0.25, 0.3) is 5.65 Å². The van der Waals surface area contributed by atoms with Gasteiger partial charge in [0.15, 0.2) is 10.5 Å². The van der Waals surface area contributed by atoms with Gasteiger partial charge in [-0.2, -0.15) is 0 Å². The van der Waals surface area contributed by atoms with E-state index in [1.807, 2.05) is 35.0 Å². The van der Waals surface area contributed by atoms with Crippen LogP contribution in [0.1, 0.15) is 5.69 Å². The van der Waals surface area contributed by atoms with E-state index < -0.39 is 0 Å². The van der Waals surface area contributed by atoms with Gasteiger partial charge in [0.1, 0.15) is 18.1 Å². The fourth-order valence-electron chi connectivity index (χ4n) is 1.72. The van der Waals surface area contributed by atoms with Gasteiger partial charge in [-0.1, -0.05) is 6.07 Å². The van der Waals surface area contributed by atoms with Crippen molar-refractivity contribution in [3.8, 4) is 5.75 Å². The molecule has 0 unspecified atom stereocenters. The molecule has 0 atom stereocenters. The van der Waals surface area contributed by atoms with Crippen molar-refractivity contribution in [2.75, 3.05) is 5.73 Å². The maximum Gasteiger partial charge on any atom is 0.198 e. The number of nitrogens with two attached hydrogens (primary N) is 1. The molecule has 0 aliphatic carbocycles. The normalized spacial score (nSPS) is 10.7. The molecule has 19 heavy (non-hydrogen) atoms. The van der Waals surface area contributed by atoms with E-state index in [9.17, 15) is 0 Å². The molecule has 0 aliphatic heterocycles. The van der Waals surface area contributed by atoms with E-state index in [-0.39, 0.29) is 0 Å². The Bertz CT molecular complexity index is 746. The van der Waals surface area contributed by atoms with Crippen LogP contribution < -0.4 is 10.5 Å². The number of aromatic nitrogens is 4. The molecule has 0 aromatic carbocycles. The quantitative estimate of drug-likeness (QED) is 0.713. The Morgan fingerprint density at radius 2 is 2.32 bits per heavy atom. The Morgan fingerprint density at radius 3 is 3.11 bits per heavy atom. The van der Waals surface area contributed by atoms with Crippen LogP contribution in [0.5, 0.6) is 5.75 Å². The third-order valence-electron chi connectivity index (χ3n) is 2.60. The van der Waals surface area contributed by atoms with E-state index >= 15 is 0 Å². The minimum Gasteiger partial charge on any atom is -0.482 e. The Morgan fingerprint density at radius 1 is 1.42 bits per heavy atom. The molecule has 3 aromatic rings. The SMILES string of the molecule is Nc1[nH]c(=S)ncc1OCc1cn2ccccc2n1. The minimum absolute atomic E-state index is 0.318. The first-order valence-electron chi connectivity index (χ1n) is 5.62. The summed E-state index contributed by atoms with van der Waals surface area (Å²) in [6, 6.07) is 5.81. The lowest BCUT2D eigenvalue weighted by atomic mass is 10.5. The predicted molar refractivity (Wildman–Crippen MR) is 73.4 cm³/mol. The number of H-pyrrole nitrogens is 1. The second-order valence-corrected chi connectivity index (χ2v) is 4.34. The molecule has 0 fully saturated rings. The van der Waals surface area contributed by atoms with Gasteiger partial charge in [0.05, 0.1) is 11.9 Å². The summed E-state index contributed by atoms with van der Waals surface area (Å²) in [6.45, 7) is 0.318. The van der Waals surface area contributed by atoms with E-state index in [2.05, 4.69) is 15.0 Å². The maximum atomic E-state index is 5.75. The number of hydrogen-bond donors (Lipinski definition) is 2. The van der Waals surface area contributed by atoms with Crippen molar-refractivity contribution in [3.05, 3.63) is 47.3 Å². The Balaban J connectivity index is 1.80. The number of anilines is 1. The fraction of sp³-hybridized carbons (Fsp3) is 0.0833. The molecule has 3 aromatic heterocycles. The van der Waals surface area contributed by atoms with Gasteiger partial charge in [0, 0.05) is 12.4 Å². The van der Waals surface area contributed by atoms with Gasteiger partial charge in [-0.25, -0.2) is 9.97 Å². The van der Waals surface area contributed by atoms with E-state index in [0.717, 1.165) is 11.3 Å². The van der Waals surface area contributed by atoms with Crippen molar-refractivity contribution in [2.24, 2.45) is 0 Å². The summed E-state index contributed by atoms with van der Waals surface area (Å²) >= 11 is 4.86. The number of pyridine rings is 1. The van der Waals surface area contributed by atoms with Crippen molar-refractivity contribution in [2.45, 2.75) is 6.61 Å². The van der Waals surface area contributed by atoms with Crippen LogP contribution in [-0.4, -0.2) is 19.4 Å². The molecule has 0 aliphatic rings. The van der Waals surface area contributed by atoms with E-state index in [0.29, 0.717) is 22.9 Å². The zero-order valence-electron chi connectivity index (χ0n) is 9.91. The number of imidazole rings is 1. The molecular formula is C12H11N5OS. The van der Waals surface area contributed by atoms with Gasteiger partial charge in [-0.3, -0.25) is 0 Å². The highest BCUT2D eigenvalue weighted by Crippen LogP contribution is 2.17. The van der Waals surface area contributed by atoms with Crippen LogP contribution in [0.4, 0.5) is 5.82 Å². The monoisotopic (exact) mass is 273 g/mol. The summed E-state index contributed by atoms with van der Waals surface area (Å²) in [5, 5.41) is 0. The number of aromatic amines is 1. The largest absolute Gasteiger partial charge is 0.482 e. The van der Waals surface area contributed by atoms with Crippen molar-refractivity contribution in [3.63, 3.8) is 0 Å². The first kappa shape index (κ1) is 11.7. The third kappa shape index (κ3) is 2.41. The molecule has 3 N–H and O–H groups in total. The highest BCUT2D eigenvalue weighted by Gasteiger charge is 2.04. The van der Waals surface area contributed by atoms with Gasteiger partial charge in [0.25, 0.3) is 0 Å². The number of rotatable bonds is 3. The van der Waals surface area contributed by atoms with E-state index in [1.165, 1.54) is 6.20 Å². The topological polar surface area (TPSA) is 81.2 Å². The molecule has 0 bridgehead atoms. The number of nitrogens with one attached hydrogen (secondary N) is 1. The number of nitrogens with zero attached hydrogens (tertiary/aromatic N) is 3. The lowest BCUT2D eigenvalue weighted by Crippen LogP contribution is -2.01. The number of nitrogen functional groups attached to an aromatic ring is 1. The molecule has 0 saturated carbocycles. The molecule has 96 valence electrons. The minimum atomic E-state index is 0.318. The second-order valence-electron chi connectivity index (χ2n) is 3.95. The Hall–Kier alpha value is -2.41. The maximum absolute atomic E-state index is 5.75. The summed E-state index contributed by atoms with van der Waals surface area (Å²) in [6.07, 6.45) is 5.34. The lowest BCUT2D eigenvalue weighted by Gasteiger charge is -2.05. The Labute approximate surface area is 113 Å². The average molecular weight is 273 g/mol. The van der Waals surface area contributed by atoms with Gasteiger partial charge in [-0.15, -0.1) is 0 Å². The molecular weight excluding hydrogens is 262 g/mol. The van der Waals surface area contributed by atoms with Gasteiger partial charge in [0.2, 0.25) is 0 Å². The smallest absolute Gasteiger partial charge is 0.198 e. The van der Waals surface area contributed by atoms with Crippen LogP contribution in [0, 0.1) is 4.77 Å². The molecule has 0 saturated heterocycles. The standard InChI is InChI=1S/C12H11N5OS/c13-11-9(5-14-12(19)16-11)18-7-8-6-17-4-2-1-3-10(17)15-8/h1-6H,7H2,(H3,13,14,16,19). The third-order valence-corrected chi connectivity index (χ3v) is 2.80. The molecule has 0 radical (unpaired) electrons.